The molecule has 0 aliphatic rings. The third-order valence-corrected chi connectivity index (χ3v) is 2.91. The molecule has 6 heteroatoms. The van der Waals surface area contributed by atoms with Crippen molar-refractivity contribution in [1.82, 2.24) is 10.2 Å². The lowest BCUT2D eigenvalue weighted by molar-refractivity contribution is -0.118. The van der Waals surface area contributed by atoms with Gasteiger partial charge in [0.1, 0.15) is 11.6 Å². The summed E-state index contributed by atoms with van der Waals surface area (Å²) in [6.07, 6.45) is 0. The van der Waals surface area contributed by atoms with Crippen LogP contribution in [0.5, 0.6) is 5.75 Å². The van der Waals surface area contributed by atoms with Crippen molar-refractivity contribution in [1.29, 1.82) is 0 Å². The molecule has 1 amide bonds. The molecule has 1 heterocycles. The van der Waals surface area contributed by atoms with Gasteiger partial charge >= 0.3 is 0 Å². The Hall–Kier alpha value is -2.89. The molecule has 106 valence electrons. The molecule has 0 spiro atoms. The van der Waals surface area contributed by atoms with Gasteiger partial charge in [0.25, 0.3) is 5.91 Å². The number of H-pyrrole nitrogens is 1. The number of para-hydroxylation sites is 1. The van der Waals surface area contributed by atoms with Gasteiger partial charge in [-0.2, -0.15) is 5.10 Å². The van der Waals surface area contributed by atoms with E-state index in [0.717, 1.165) is 10.9 Å². The first kappa shape index (κ1) is 13.1. The molecule has 3 rings (SSSR count). The van der Waals surface area contributed by atoms with Gasteiger partial charge in [0.2, 0.25) is 0 Å². The molecular formula is C15H12FN3O2. The van der Waals surface area contributed by atoms with Crippen molar-refractivity contribution in [3.05, 3.63) is 54.3 Å². The van der Waals surface area contributed by atoms with Crippen LogP contribution in [0, 0.1) is 5.82 Å². The summed E-state index contributed by atoms with van der Waals surface area (Å²) in [7, 11) is 0. The molecule has 2 aromatic carbocycles. The lowest BCUT2D eigenvalue weighted by Gasteiger charge is -2.06. The first-order chi connectivity index (χ1) is 10.2. The van der Waals surface area contributed by atoms with E-state index in [9.17, 15) is 9.18 Å². The summed E-state index contributed by atoms with van der Waals surface area (Å²) in [5.74, 6) is 0.197. The van der Waals surface area contributed by atoms with Gasteiger partial charge in [-0.15, -0.1) is 0 Å². The molecule has 5 nitrogen and oxygen atoms in total. The molecule has 0 radical (unpaired) electrons. The minimum absolute atomic E-state index is 0.174. The minimum Gasteiger partial charge on any atom is -0.484 e. The fourth-order valence-corrected chi connectivity index (χ4v) is 1.91. The zero-order valence-electron chi connectivity index (χ0n) is 11.0. The van der Waals surface area contributed by atoms with Crippen LogP contribution < -0.4 is 10.1 Å². The Morgan fingerprint density at radius 2 is 1.95 bits per heavy atom. The number of hydrogen-bond acceptors (Lipinski definition) is 3. The Kier molecular flexibility index (Phi) is 3.51. The first-order valence-corrected chi connectivity index (χ1v) is 6.34. The van der Waals surface area contributed by atoms with E-state index in [1.165, 1.54) is 24.3 Å². The number of carbonyl (C=O) groups excluding carboxylic acids is 1. The summed E-state index contributed by atoms with van der Waals surface area (Å²) in [5.41, 5.74) is 0.840. The lowest BCUT2D eigenvalue weighted by atomic mass is 10.2. The van der Waals surface area contributed by atoms with Gasteiger partial charge in [0.15, 0.2) is 12.4 Å². The highest BCUT2D eigenvalue weighted by Crippen LogP contribution is 2.19. The Morgan fingerprint density at radius 1 is 1.19 bits per heavy atom. The monoisotopic (exact) mass is 285 g/mol. The van der Waals surface area contributed by atoms with Gasteiger partial charge in [-0.3, -0.25) is 9.89 Å². The molecule has 0 aliphatic carbocycles. The average molecular weight is 285 g/mol. The molecule has 0 bridgehead atoms. The Balaban J connectivity index is 1.62. The van der Waals surface area contributed by atoms with Crippen molar-refractivity contribution in [3.8, 4) is 5.75 Å². The Bertz CT molecular complexity index is 768. The SMILES string of the molecule is O=C(COc1ccc(F)cc1)Nc1n[nH]c2ccccc12. The number of hydrogen-bond donors (Lipinski definition) is 2. The number of nitrogens with zero attached hydrogens (tertiary/aromatic N) is 1. The predicted molar refractivity (Wildman–Crippen MR) is 76.6 cm³/mol. The summed E-state index contributed by atoms with van der Waals surface area (Å²) < 4.78 is 18.0. The van der Waals surface area contributed by atoms with Crippen LogP contribution in [0.3, 0.4) is 0 Å². The number of carbonyl (C=O) groups is 1. The maximum absolute atomic E-state index is 12.7. The predicted octanol–water partition coefficient (Wildman–Crippen LogP) is 2.72. The number of nitrogens with one attached hydrogen (secondary N) is 2. The van der Waals surface area contributed by atoms with Gasteiger partial charge in [-0.1, -0.05) is 12.1 Å². The molecular weight excluding hydrogens is 273 g/mol. The highest BCUT2D eigenvalue weighted by atomic mass is 19.1. The summed E-state index contributed by atoms with van der Waals surface area (Å²) >= 11 is 0. The van der Waals surface area contributed by atoms with E-state index < -0.39 is 0 Å². The van der Waals surface area contributed by atoms with E-state index in [2.05, 4.69) is 15.5 Å². The summed E-state index contributed by atoms with van der Waals surface area (Å²) in [5, 5.41) is 10.4. The molecule has 0 saturated heterocycles. The van der Waals surface area contributed by atoms with Crippen LogP contribution >= 0.6 is 0 Å². The molecule has 0 fully saturated rings. The summed E-state index contributed by atoms with van der Waals surface area (Å²) in [6, 6.07) is 12.9. The molecule has 0 unspecified atom stereocenters. The lowest BCUT2D eigenvalue weighted by Crippen LogP contribution is -2.20. The smallest absolute Gasteiger partial charge is 0.263 e. The highest BCUT2D eigenvalue weighted by Gasteiger charge is 2.09. The van der Waals surface area contributed by atoms with E-state index in [-0.39, 0.29) is 18.3 Å². The third kappa shape index (κ3) is 3.00. The second-order valence-corrected chi connectivity index (χ2v) is 4.41. The van der Waals surface area contributed by atoms with E-state index in [1.54, 1.807) is 0 Å². The number of anilines is 1. The normalized spacial score (nSPS) is 10.5. The highest BCUT2D eigenvalue weighted by molar-refractivity contribution is 6.00. The topological polar surface area (TPSA) is 67.0 Å². The second-order valence-electron chi connectivity index (χ2n) is 4.41. The maximum atomic E-state index is 12.7. The van der Waals surface area contributed by atoms with E-state index in [4.69, 9.17) is 4.74 Å². The fourth-order valence-electron chi connectivity index (χ4n) is 1.91. The summed E-state index contributed by atoms with van der Waals surface area (Å²) in [4.78, 5) is 11.8. The zero-order chi connectivity index (χ0) is 14.7. The molecule has 0 saturated carbocycles. The fraction of sp³-hybridized carbons (Fsp3) is 0.0667. The number of halogens is 1. The van der Waals surface area contributed by atoms with Gasteiger partial charge in [-0.25, -0.2) is 4.39 Å². The number of aromatic amines is 1. The number of fused-ring (bicyclic) bond motifs is 1. The van der Waals surface area contributed by atoms with Crippen molar-refractivity contribution >= 4 is 22.6 Å². The van der Waals surface area contributed by atoms with Crippen LogP contribution in [0.25, 0.3) is 10.9 Å². The largest absolute Gasteiger partial charge is 0.484 e. The summed E-state index contributed by atoms with van der Waals surface area (Å²) in [6.45, 7) is -0.174. The van der Waals surface area contributed by atoms with Crippen LogP contribution in [-0.2, 0) is 4.79 Å². The Morgan fingerprint density at radius 3 is 2.76 bits per heavy atom. The van der Waals surface area contributed by atoms with Crippen molar-refractivity contribution in [2.45, 2.75) is 0 Å². The van der Waals surface area contributed by atoms with Crippen LogP contribution in [0.1, 0.15) is 0 Å². The maximum Gasteiger partial charge on any atom is 0.263 e. The van der Waals surface area contributed by atoms with E-state index >= 15 is 0 Å². The van der Waals surface area contributed by atoms with Gasteiger partial charge in [0, 0.05) is 5.39 Å². The van der Waals surface area contributed by atoms with Crippen LogP contribution in [0.4, 0.5) is 10.2 Å². The molecule has 3 aromatic rings. The minimum atomic E-state index is -0.352. The van der Waals surface area contributed by atoms with E-state index in [0.29, 0.717) is 11.6 Å². The van der Waals surface area contributed by atoms with Gasteiger partial charge < -0.3 is 10.1 Å². The number of amides is 1. The average Bonchev–Trinajstić information content (AvgIpc) is 2.90. The Labute approximate surface area is 119 Å². The number of aromatic nitrogens is 2. The molecule has 21 heavy (non-hydrogen) atoms. The third-order valence-electron chi connectivity index (χ3n) is 2.91. The number of rotatable bonds is 4. The van der Waals surface area contributed by atoms with Gasteiger partial charge in [0.05, 0.1) is 5.52 Å². The second kappa shape index (κ2) is 5.62. The van der Waals surface area contributed by atoms with Crippen molar-refractivity contribution in [3.63, 3.8) is 0 Å². The standard InChI is InChI=1S/C15H12FN3O2/c16-10-5-7-11(8-6-10)21-9-14(20)17-15-12-3-1-2-4-13(12)18-19-15/h1-8H,9H2,(H2,17,18,19,20). The first-order valence-electron chi connectivity index (χ1n) is 6.34. The van der Waals surface area contributed by atoms with Crippen LogP contribution in [0.15, 0.2) is 48.5 Å². The number of benzene rings is 2. The van der Waals surface area contributed by atoms with Crippen molar-refractivity contribution in [2.75, 3.05) is 11.9 Å². The molecule has 0 atom stereocenters. The molecule has 0 aliphatic heterocycles. The quantitative estimate of drug-likeness (QED) is 0.774. The zero-order valence-corrected chi connectivity index (χ0v) is 11.0. The number of ether oxygens (including phenoxy) is 1. The molecule has 2 N–H and O–H groups in total. The van der Waals surface area contributed by atoms with Crippen LogP contribution in [0.2, 0.25) is 0 Å². The van der Waals surface area contributed by atoms with Crippen molar-refractivity contribution < 1.29 is 13.9 Å². The molecule has 1 aromatic heterocycles. The van der Waals surface area contributed by atoms with Gasteiger partial charge in [-0.05, 0) is 36.4 Å². The van der Waals surface area contributed by atoms with Crippen LogP contribution in [-0.4, -0.2) is 22.7 Å². The van der Waals surface area contributed by atoms with Crippen molar-refractivity contribution in [2.24, 2.45) is 0 Å². The van der Waals surface area contributed by atoms with E-state index in [1.807, 2.05) is 24.3 Å².